The standard InChI is InChI=1S/C35H37ClFN7O2/c1-7-23-32(43-17-15-42(16-18-43)28(45)13-10-14-38-6)25-19-26(36)31(24-11-8-9-12-27(24)37)41-34(25)44(35(23)46)33-29(21(2)3)39-20-40-30(33)22(4)5/h1,8-13,19-22,38H,14-18H2,2-6H3/b13-10+. The van der Waals surface area contributed by atoms with Gasteiger partial charge in [0.1, 0.15) is 23.4 Å². The summed E-state index contributed by atoms with van der Waals surface area (Å²) in [7, 11) is 1.81. The second-order valence-electron chi connectivity index (χ2n) is 11.8. The molecule has 9 nitrogen and oxygen atoms in total. The summed E-state index contributed by atoms with van der Waals surface area (Å²) in [6.45, 7) is 10.2. The molecule has 0 saturated carbocycles. The molecule has 0 unspecified atom stereocenters. The Balaban J connectivity index is 1.80. The van der Waals surface area contributed by atoms with Crippen LogP contribution in [-0.4, -0.2) is 70.1 Å². The molecule has 0 spiro atoms. The van der Waals surface area contributed by atoms with Crippen LogP contribution in [0.25, 0.3) is 28.0 Å². The van der Waals surface area contributed by atoms with Gasteiger partial charge in [-0.05, 0) is 37.1 Å². The highest BCUT2D eigenvalue weighted by Gasteiger charge is 2.30. The van der Waals surface area contributed by atoms with E-state index in [-0.39, 0.29) is 45.2 Å². The molecule has 11 heteroatoms. The molecule has 1 aromatic carbocycles. The third kappa shape index (κ3) is 6.13. The second kappa shape index (κ2) is 13.8. The van der Waals surface area contributed by atoms with E-state index in [0.717, 1.165) is 0 Å². The second-order valence-corrected chi connectivity index (χ2v) is 12.2. The van der Waals surface area contributed by atoms with Gasteiger partial charge in [-0.1, -0.05) is 63.4 Å². The highest BCUT2D eigenvalue weighted by Crippen LogP contribution is 2.38. The van der Waals surface area contributed by atoms with Gasteiger partial charge in [-0.2, -0.15) is 0 Å². The number of piperazine rings is 1. The molecule has 1 aliphatic rings. The van der Waals surface area contributed by atoms with Crippen LogP contribution in [0, 0.1) is 18.2 Å². The summed E-state index contributed by atoms with van der Waals surface area (Å²) in [6.07, 6.45) is 11.0. The lowest BCUT2D eigenvalue weighted by atomic mass is 10.00. The van der Waals surface area contributed by atoms with Gasteiger partial charge in [0.05, 0.1) is 33.5 Å². The third-order valence-corrected chi connectivity index (χ3v) is 8.32. The first-order chi connectivity index (χ1) is 22.1. The Bertz CT molecular complexity index is 1900. The molecule has 1 fully saturated rings. The smallest absolute Gasteiger partial charge is 0.274 e. The Hall–Kier alpha value is -4.59. The summed E-state index contributed by atoms with van der Waals surface area (Å²) in [6, 6.07) is 7.93. The average molecular weight is 642 g/mol. The number of fused-ring (bicyclic) bond motifs is 1. The van der Waals surface area contributed by atoms with E-state index in [1.54, 1.807) is 41.3 Å². The molecular formula is C35H37ClFN7O2. The number of anilines is 1. The van der Waals surface area contributed by atoms with Gasteiger partial charge in [-0.25, -0.2) is 19.3 Å². The summed E-state index contributed by atoms with van der Waals surface area (Å²) in [5, 5.41) is 3.71. The minimum absolute atomic E-state index is 0.0717. The lowest BCUT2D eigenvalue weighted by molar-refractivity contribution is -0.126. The SMILES string of the molecule is C#Cc1c(N2CCN(C(=O)/C=C/CNC)CC2)c2cc(Cl)c(-c3ccccc3F)nc2n(-c2c(C(C)C)ncnc2C(C)C)c1=O. The molecule has 0 radical (unpaired) electrons. The lowest BCUT2D eigenvalue weighted by Crippen LogP contribution is -2.49. The predicted octanol–water partition coefficient (Wildman–Crippen LogP) is 5.29. The van der Waals surface area contributed by atoms with Crippen molar-refractivity contribution in [2.45, 2.75) is 39.5 Å². The molecule has 238 valence electrons. The molecule has 3 aromatic heterocycles. The molecule has 0 bridgehead atoms. The van der Waals surface area contributed by atoms with E-state index in [9.17, 15) is 9.59 Å². The number of carbonyl (C=O) groups is 1. The minimum atomic E-state index is -0.496. The van der Waals surface area contributed by atoms with Gasteiger partial charge in [0.2, 0.25) is 5.91 Å². The molecule has 1 saturated heterocycles. The maximum absolute atomic E-state index is 15.1. The molecule has 0 aliphatic carbocycles. The van der Waals surface area contributed by atoms with Gasteiger partial charge >= 0.3 is 0 Å². The van der Waals surface area contributed by atoms with Gasteiger partial charge in [0, 0.05) is 49.7 Å². The minimum Gasteiger partial charge on any atom is -0.366 e. The van der Waals surface area contributed by atoms with Crippen LogP contribution in [-0.2, 0) is 4.79 Å². The first kappa shape index (κ1) is 32.8. The van der Waals surface area contributed by atoms with E-state index < -0.39 is 11.4 Å². The molecule has 0 atom stereocenters. The predicted molar refractivity (Wildman–Crippen MR) is 181 cm³/mol. The number of nitrogens with zero attached hydrogens (tertiary/aromatic N) is 6. The van der Waals surface area contributed by atoms with Crippen molar-refractivity contribution < 1.29 is 9.18 Å². The zero-order valence-electron chi connectivity index (χ0n) is 26.6. The quantitative estimate of drug-likeness (QED) is 0.206. The number of aromatic nitrogens is 4. The molecule has 1 N–H and O–H groups in total. The number of hydrogen-bond donors (Lipinski definition) is 1. The van der Waals surface area contributed by atoms with Crippen LogP contribution < -0.4 is 15.8 Å². The van der Waals surface area contributed by atoms with Crippen LogP contribution in [0.15, 0.2) is 53.6 Å². The molecule has 1 amide bonds. The molecule has 1 aliphatic heterocycles. The van der Waals surface area contributed by atoms with Crippen LogP contribution in [0.4, 0.5) is 10.1 Å². The first-order valence-corrected chi connectivity index (χ1v) is 15.7. The monoisotopic (exact) mass is 641 g/mol. The van der Waals surface area contributed by atoms with E-state index in [1.165, 1.54) is 17.0 Å². The topological polar surface area (TPSA) is 96.2 Å². The van der Waals surface area contributed by atoms with Crippen LogP contribution in [0.5, 0.6) is 0 Å². The van der Waals surface area contributed by atoms with E-state index in [1.807, 2.05) is 39.6 Å². The zero-order chi connectivity index (χ0) is 33.1. The lowest BCUT2D eigenvalue weighted by Gasteiger charge is -2.37. The van der Waals surface area contributed by atoms with Crippen molar-refractivity contribution in [1.29, 1.82) is 0 Å². The Morgan fingerprint density at radius 1 is 1.09 bits per heavy atom. The fraction of sp³-hybridized carbons (Fsp3) is 0.343. The van der Waals surface area contributed by atoms with Gasteiger partial charge < -0.3 is 15.1 Å². The summed E-state index contributed by atoms with van der Waals surface area (Å²) in [4.78, 5) is 45.3. The van der Waals surface area contributed by atoms with Crippen molar-refractivity contribution in [2.24, 2.45) is 0 Å². The number of nitrogens with one attached hydrogen (secondary N) is 1. The highest BCUT2D eigenvalue weighted by molar-refractivity contribution is 6.34. The van der Waals surface area contributed by atoms with Crippen LogP contribution in [0.1, 0.15) is 56.5 Å². The van der Waals surface area contributed by atoms with Crippen molar-refractivity contribution in [3.8, 4) is 29.3 Å². The van der Waals surface area contributed by atoms with Gasteiger partial charge in [0.25, 0.3) is 5.56 Å². The van der Waals surface area contributed by atoms with Crippen molar-refractivity contribution in [2.75, 3.05) is 44.7 Å². The molecule has 4 heterocycles. The number of rotatable bonds is 8. The number of hydrogen-bond acceptors (Lipinski definition) is 7. The number of amides is 1. The van der Waals surface area contributed by atoms with Crippen molar-refractivity contribution in [3.63, 3.8) is 0 Å². The van der Waals surface area contributed by atoms with E-state index >= 15 is 4.39 Å². The summed E-state index contributed by atoms with van der Waals surface area (Å²) in [5.41, 5.74) is 2.63. The molecule has 46 heavy (non-hydrogen) atoms. The molecular weight excluding hydrogens is 605 g/mol. The number of carbonyl (C=O) groups excluding carboxylic acids is 1. The fourth-order valence-corrected chi connectivity index (χ4v) is 6.04. The average Bonchev–Trinajstić information content (AvgIpc) is 3.04. The number of pyridine rings is 2. The Labute approximate surface area is 273 Å². The van der Waals surface area contributed by atoms with Gasteiger partial charge in [-0.15, -0.1) is 6.42 Å². The molecule has 5 rings (SSSR count). The highest BCUT2D eigenvalue weighted by atomic mass is 35.5. The van der Waals surface area contributed by atoms with Gasteiger partial charge in [0.15, 0.2) is 0 Å². The maximum atomic E-state index is 15.1. The first-order valence-electron chi connectivity index (χ1n) is 15.3. The van der Waals surface area contributed by atoms with Crippen LogP contribution in [0.3, 0.4) is 0 Å². The van der Waals surface area contributed by atoms with Crippen LogP contribution >= 0.6 is 11.6 Å². The Morgan fingerprint density at radius 3 is 2.33 bits per heavy atom. The number of benzene rings is 1. The van der Waals surface area contributed by atoms with Crippen molar-refractivity contribution >= 4 is 34.2 Å². The van der Waals surface area contributed by atoms with Crippen molar-refractivity contribution in [1.82, 2.24) is 29.7 Å². The number of terminal acetylenes is 1. The van der Waals surface area contributed by atoms with Gasteiger partial charge in [-0.3, -0.25) is 14.2 Å². The van der Waals surface area contributed by atoms with E-state index in [2.05, 4.69) is 21.2 Å². The number of halogens is 2. The largest absolute Gasteiger partial charge is 0.366 e. The molecule has 4 aromatic rings. The normalized spacial score (nSPS) is 13.7. The maximum Gasteiger partial charge on any atom is 0.274 e. The van der Waals surface area contributed by atoms with E-state index in [0.29, 0.717) is 60.9 Å². The third-order valence-electron chi connectivity index (χ3n) is 8.04. The summed E-state index contributed by atoms with van der Waals surface area (Å²) in [5.74, 6) is 1.93. The summed E-state index contributed by atoms with van der Waals surface area (Å²) < 4.78 is 16.6. The summed E-state index contributed by atoms with van der Waals surface area (Å²) >= 11 is 6.87. The van der Waals surface area contributed by atoms with E-state index in [4.69, 9.17) is 23.0 Å². The van der Waals surface area contributed by atoms with Crippen molar-refractivity contribution in [3.05, 3.63) is 87.0 Å². The fourth-order valence-electron chi connectivity index (χ4n) is 5.79. The Morgan fingerprint density at radius 2 is 1.74 bits per heavy atom. The number of likely N-dealkylation sites (N-methyl/N-ethyl adjacent to an activating group) is 1. The Kier molecular flexibility index (Phi) is 9.85. The zero-order valence-corrected chi connectivity index (χ0v) is 27.4. The van der Waals surface area contributed by atoms with Crippen LogP contribution in [0.2, 0.25) is 5.02 Å².